The molecule has 2 amide bonds. The number of rotatable bonds is 6. The maximum absolute atomic E-state index is 12.5. The molecule has 1 heterocycles. The normalized spacial score (nSPS) is 18.7. The van der Waals surface area contributed by atoms with Crippen molar-refractivity contribution >= 4 is 18.0 Å². The van der Waals surface area contributed by atoms with Crippen molar-refractivity contribution in [3.05, 3.63) is 71.8 Å². The SMILES string of the molecule is CC1(C)CCN(C(=O)/C=C/CNC(=O)OCC2c3ccccc3-c3ccccc32)C1C(=O)O. The van der Waals surface area contributed by atoms with Crippen LogP contribution >= 0.6 is 0 Å². The second-order valence-electron chi connectivity index (χ2n) is 9.12. The topological polar surface area (TPSA) is 95.9 Å². The van der Waals surface area contributed by atoms with Crippen LogP contribution < -0.4 is 5.32 Å². The van der Waals surface area contributed by atoms with E-state index >= 15 is 0 Å². The molecule has 2 N–H and O–H groups in total. The quantitative estimate of drug-likeness (QED) is 0.656. The third kappa shape index (κ3) is 4.49. The first-order valence-electron chi connectivity index (χ1n) is 11.1. The number of nitrogens with one attached hydrogen (secondary N) is 1. The van der Waals surface area contributed by atoms with Crippen LogP contribution in [0, 0.1) is 5.41 Å². The minimum atomic E-state index is -1.00. The number of likely N-dealkylation sites (tertiary alicyclic amines) is 1. The molecule has 33 heavy (non-hydrogen) atoms. The summed E-state index contributed by atoms with van der Waals surface area (Å²) in [7, 11) is 0. The summed E-state index contributed by atoms with van der Waals surface area (Å²) < 4.78 is 5.47. The minimum Gasteiger partial charge on any atom is -0.480 e. The van der Waals surface area contributed by atoms with Crippen LogP contribution in [0.25, 0.3) is 11.1 Å². The Balaban J connectivity index is 1.29. The molecule has 7 nitrogen and oxygen atoms in total. The van der Waals surface area contributed by atoms with Gasteiger partial charge in [0.1, 0.15) is 12.6 Å². The highest BCUT2D eigenvalue weighted by Gasteiger charge is 2.46. The highest BCUT2D eigenvalue weighted by atomic mass is 16.5. The molecule has 0 radical (unpaired) electrons. The lowest BCUT2D eigenvalue weighted by molar-refractivity contribution is -0.149. The van der Waals surface area contributed by atoms with Crippen molar-refractivity contribution in [2.75, 3.05) is 19.7 Å². The third-order valence-corrected chi connectivity index (χ3v) is 6.53. The summed E-state index contributed by atoms with van der Waals surface area (Å²) in [5, 5.41) is 12.1. The Morgan fingerprint density at radius 1 is 1.09 bits per heavy atom. The Kier molecular flexibility index (Phi) is 6.22. The molecule has 1 aliphatic carbocycles. The molecule has 1 saturated heterocycles. The zero-order valence-corrected chi connectivity index (χ0v) is 18.8. The zero-order valence-electron chi connectivity index (χ0n) is 18.8. The van der Waals surface area contributed by atoms with Gasteiger partial charge in [-0.15, -0.1) is 0 Å². The van der Waals surface area contributed by atoms with Crippen LogP contribution in [-0.4, -0.2) is 53.7 Å². The van der Waals surface area contributed by atoms with E-state index in [1.807, 2.05) is 38.1 Å². The van der Waals surface area contributed by atoms with E-state index in [9.17, 15) is 19.5 Å². The Labute approximate surface area is 193 Å². The van der Waals surface area contributed by atoms with E-state index in [1.165, 1.54) is 17.1 Å². The van der Waals surface area contributed by atoms with Crippen molar-refractivity contribution in [3.8, 4) is 11.1 Å². The molecule has 7 heteroatoms. The fourth-order valence-corrected chi connectivity index (χ4v) is 4.85. The van der Waals surface area contributed by atoms with Gasteiger partial charge in [-0.1, -0.05) is 68.5 Å². The van der Waals surface area contributed by atoms with E-state index in [2.05, 4.69) is 29.6 Å². The predicted molar refractivity (Wildman–Crippen MR) is 124 cm³/mol. The molecule has 2 aromatic rings. The minimum absolute atomic E-state index is 0.0215. The summed E-state index contributed by atoms with van der Waals surface area (Å²) in [5.41, 5.74) is 4.12. The average molecular weight is 449 g/mol. The van der Waals surface area contributed by atoms with Crippen molar-refractivity contribution in [1.29, 1.82) is 0 Å². The number of benzene rings is 2. The van der Waals surface area contributed by atoms with E-state index in [0.29, 0.717) is 13.0 Å². The van der Waals surface area contributed by atoms with Crippen LogP contribution in [0.1, 0.15) is 37.3 Å². The molecule has 0 spiro atoms. The first-order chi connectivity index (χ1) is 15.8. The van der Waals surface area contributed by atoms with Crippen LogP contribution in [0.2, 0.25) is 0 Å². The fourth-order valence-electron chi connectivity index (χ4n) is 4.85. The van der Waals surface area contributed by atoms with Gasteiger partial charge < -0.3 is 20.1 Å². The van der Waals surface area contributed by atoms with Crippen molar-refractivity contribution in [1.82, 2.24) is 10.2 Å². The van der Waals surface area contributed by atoms with E-state index in [0.717, 1.165) is 22.3 Å². The van der Waals surface area contributed by atoms with Gasteiger partial charge in [0.2, 0.25) is 5.91 Å². The van der Waals surface area contributed by atoms with Gasteiger partial charge in [-0.05, 0) is 34.1 Å². The molecule has 172 valence electrons. The second kappa shape index (κ2) is 9.10. The van der Waals surface area contributed by atoms with Gasteiger partial charge in [-0.2, -0.15) is 0 Å². The van der Waals surface area contributed by atoms with Crippen LogP contribution in [0.4, 0.5) is 4.79 Å². The first-order valence-corrected chi connectivity index (χ1v) is 11.1. The Morgan fingerprint density at radius 2 is 1.70 bits per heavy atom. The number of carboxylic acids is 1. The van der Waals surface area contributed by atoms with Crippen LogP contribution in [0.15, 0.2) is 60.7 Å². The number of carboxylic acid groups (broad SMARTS) is 1. The van der Waals surface area contributed by atoms with Gasteiger partial charge in [0, 0.05) is 25.1 Å². The van der Waals surface area contributed by atoms with E-state index in [-0.39, 0.29) is 25.0 Å². The molecular formula is C26H28N2O5. The number of hydrogen-bond acceptors (Lipinski definition) is 4. The van der Waals surface area contributed by atoms with Gasteiger partial charge in [0.15, 0.2) is 0 Å². The highest BCUT2D eigenvalue weighted by Crippen LogP contribution is 2.44. The third-order valence-electron chi connectivity index (χ3n) is 6.53. The monoisotopic (exact) mass is 448 g/mol. The summed E-state index contributed by atoms with van der Waals surface area (Å²) in [4.78, 5) is 37.6. The van der Waals surface area contributed by atoms with Crippen molar-refractivity contribution in [2.45, 2.75) is 32.2 Å². The molecule has 0 bridgehead atoms. The summed E-state index contributed by atoms with van der Waals surface area (Å²) in [5.74, 6) is -1.40. The van der Waals surface area contributed by atoms with Crippen LogP contribution in [-0.2, 0) is 14.3 Å². The summed E-state index contributed by atoms with van der Waals surface area (Å²) >= 11 is 0. The summed E-state index contributed by atoms with van der Waals surface area (Å²) in [6, 6.07) is 15.4. The Hall–Kier alpha value is -3.61. The molecule has 1 atom stereocenters. The molecule has 2 aliphatic rings. The van der Waals surface area contributed by atoms with Gasteiger partial charge in [0.25, 0.3) is 0 Å². The van der Waals surface area contributed by atoms with Gasteiger partial charge in [-0.25, -0.2) is 9.59 Å². The first kappa shape index (κ1) is 22.6. The fraction of sp³-hybridized carbons (Fsp3) is 0.346. The van der Waals surface area contributed by atoms with E-state index < -0.39 is 23.5 Å². The summed E-state index contributed by atoms with van der Waals surface area (Å²) in [6.07, 6.45) is 2.87. The number of aliphatic carboxylic acids is 1. The van der Waals surface area contributed by atoms with E-state index in [1.54, 1.807) is 0 Å². The zero-order chi connectivity index (χ0) is 23.6. The Morgan fingerprint density at radius 3 is 2.30 bits per heavy atom. The van der Waals surface area contributed by atoms with Gasteiger partial charge in [-0.3, -0.25) is 4.79 Å². The summed E-state index contributed by atoms with van der Waals surface area (Å²) in [6.45, 7) is 4.42. The Bertz CT molecular complexity index is 1060. The second-order valence-corrected chi connectivity index (χ2v) is 9.12. The maximum atomic E-state index is 12.5. The number of hydrogen-bond donors (Lipinski definition) is 2. The number of alkyl carbamates (subject to hydrolysis) is 1. The molecule has 0 saturated carbocycles. The lowest BCUT2D eigenvalue weighted by Crippen LogP contribution is -2.45. The molecule has 2 aromatic carbocycles. The molecule has 1 unspecified atom stereocenters. The van der Waals surface area contributed by atoms with E-state index in [4.69, 9.17) is 4.74 Å². The van der Waals surface area contributed by atoms with Crippen molar-refractivity contribution in [2.24, 2.45) is 5.41 Å². The van der Waals surface area contributed by atoms with Gasteiger partial charge in [0.05, 0.1) is 0 Å². The average Bonchev–Trinajstić information content (AvgIpc) is 3.29. The maximum Gasteiger partial charge on any atom is 0.407 e. The lowest BCUT2D eigenvalue weighted by atomic mass is 9.85. The van der Waals surface area contributed by atoms with Gasteiger partial charge >= 0.3 is 12.1 Å². The predicted octanol–water partition coefficient (Wildman–Crippen LogP) is 3.79. The van der Waals surface area contributed by atoms with Crippen molar-refractivity contribution < 1.29 is 24.2 Å². The van der Waals surface area contributed by atoms with Crippen LogP contribution in [0.5, 0.6) is 0 Å². The number of carbonyl (C=O) groups is 3. The highest BCUT2D eigenvalue weighted by molar-refractivity contribution is 5.92. The molecule has 1 aliphatic heterocycles. The lowest BCUT2D eigenvalue weighted by Gasteiger charge is -2.28. The molecule has 1 fully saturated rings. The smallest absolute Gasteiger partial charge is 0.407 e. The van der Waals surface area contributed by atoms with Crippen molar-refractivity contribution in [3.63, 3.8) is 0 Å². The number of ether oxygens (including phenoxy) is 1. The largest absolute Gasteiger partial charge is 0.480 e. The molecular weight excluding hydrogens is 420 g/mol. The molecule has 0 aromatic heterocycles. The number of amides is 2. The molecule has 4 rings (SSSR count). The van der Waals surface area contributed by atoms with Crippen LogP contribution in [0.3, 0.4) is 0 Å². The number of fused-ring (bicyclic) bond motifs is 3. The standard InChI is InChI=1S/C26H28N2O5/c1-26(2)13-15-28(23(26)24(30)31)22(29)12-7-14-27-25(32)33-16-21-19-10-5-3-8-17(19)18-9-4-6-11-20(18)21/h3-12,21,23H,13-16H2,1-2H3,(H,27,32)(H,30,31)/b12-7+. The number of carbonyl (C=O) groups excluding carboxylic acids is 2. The number of nitrogens with zero attached hydrogens (tertiary/aromatic N) is 1.